The van der Waals surface area contributed by atoms with Crippen molar-refractivity contribution >= 4 is 39.7 Å². The molecule has 53 heavy (non-hydrogen) atoms. The summed E-state index contributed by atoms with van der Waals surface area (Å²) in [6.45, 7) is 7.66. The molecule has 3 amide bonds. The van der Waals surface area contributed by atoms with Crippen molar-refractivity contribution in [2.45, 2.75) is 129 Å². The van der Waals surface area contributed by atoms with Crippen LogP contribution in [0, 0.1) is 22.7 Å². The monoisotopic (exact) mass is 758 g/mol. The average Bonchev–Trinajstić information content (AvgIpc) is 3.63. The topological polar surface area (TPSA) is 178 Å². The number of sulfonamides is 1. The van der Waals surface area contributed by atoms with E-state index in [1.165, 1.54) is 11.3 Å². The molecule has 0 radical (unpaired) electrons. The second kappa shape index (κ2) is 19.7. The molecule has 1 aromatic carbocycles. The lowest BCUT2D eigenvalue weighted by Crippen LogP contribution is -2.54. The van der Waals surface area contributed by atoms with Gasteiger partial charge < -0.3 is 19.9 Å². The fraction of sp³-hybridized carbons (Fsp3) is 0.718. The van der Waals surface area contributed by atoms with E-state index in [0.29, 0.717) is 83.5 Å². The van der Waals surface area contributed by atoms with E-state index in [4.69, 9.17) is 10.1 Å². The largest absolute Gasteiger partial charge is 0.463 e. The Morgan fingerprint density at radius 2 is 1.58 bits per heavy atom. The number of nitrogens with zero attached hydrogens (tertiary/aromatic N) is 2. The number of likely N-dealkylation sites (tertiary alicyclic amines) is 2. The number of ether oxygens (including phenoxy) is 1. The third-order valence-electron chi connectivity index (χ3n) is 11.5. The third-order valence-corrected chi connectivity index (χ3v) is 12.2. The fourth-order valence-corrected chi connectivity index (χ4v) is 8.98. The molecule has 4 rings (SSSR count). The van der Waals surface area contributed by atoms with Gasteiger partial charge in [-0.05, 0) is 88.5 Å². The molecule has 14 heteroatoms. The van der Waals surface area contributed by atoms with Crippen molar-refractivity contribution in [3.8, 4) is 0 Å². The van der Waals surface area contributed by atoms with Crippen molar-refractivity contribution in [3.63, 3.8) is 0 Å². The number of rotatable bonds is 16. The number of benzene rings is 1. The summed E-state index contributed by atoms with van der Waals surface area (Å²) in [4.78, 5) is 56.6. The minimum atomic E-state index is -3.68. The van der Waals surface area contributed by atoms with E-state index in [2.05, 4.69) is 15.4 Å². The quantitative estimate of drug-likeness (QED) is 0.111. The van der Waals surface area contributed by atoms with Crippen LogP contribution in [-0.2, 0) is 40.4 Å². The van der Waals surface area contributed by atoms with Crippen LogP contribution in [0.1, 0.15) is 110 Å². The summed E-state index contributed by atoms with van der Waals surface area (Å²) in [6, 6.07) is 7.50. The minimum Gasteiger partial charge on any atom is -0.463 e. The van der Waals surface area contributed by atoms with E-state index < -0.39 is 39.5 Å². The van der Waals surface area contributed by atoms with E-state index in [9.17, 15) is 27.6 Å². The van der Waals surface area contributed by atoms with Gasteiger partial charge in [0.05, 0.1) is 11.7 Å². The normalized spacial score (nSPS) is 20.0. The fourth-order valence-electron chi connectivity index (χ4n) is 8.28. The van der Waals surface area contributed by atoms with E-state index >= 15 is 0 Å². The van der Waals surface area contributed by atoms with Crippen molar-refractivity contribution in [1.29, 1.82) is 5.41 Å². The van der Waals surface area contributed by atoms with E-state index in [0.717, 1.165) is 37.5 Å². The number of esters is 1. The standard InChI is InChI=1S/C39H62N6O7S/c1-5-39(6-2,26-28(3)52-34(46)25-30-16-11-8-12-17-30)37(49)42-38(40)44-22-19-31(20-23-44)27-41-35(47)33-18-13-21-45(33)36(48)32(43-53(4,50)51)24-29-14-9-7-10-15-29/h7,9-10,14-15,28,30-33,43H,5-6,8,11-13,16-27H2,1-4H3,(H,41,47)(H2,40,42,49)/t28?,32-,33+/m1/s1. The Labute approximate surface area is 316 Å². The molecule has 1 saturated carbocycles. The van der Waals surface area contributed by atoms with Gasteiger partial charge in [0.15, 0.2) is 5.96 Å². The van der Waals surface area contributed by atoms with Crippen LogP contribution in [0.25, 0.3) is 0 Å². The summed E-state index contributed by atoms with van der Waals surface area (Å²) in [6.07, 6.45) is 11.0. The zero-order valence-corrected chi connectivity index (χ0v) is 33.0. The van der Waals surface area contributed by atoms with Crippen LogP contribution in [0.3, 0.4) is 0 Å². The Morgan fingerprint density at radius 3 is 2.21 bits per heavy atom. The maximum atomic E-state index is 13.6. The van der Waals surface area contributed by atoms with Crippen molar-refractivity contribution in [3.05, 3.63) is 35.9 Å². The highest BCUT2D eigenvalue weighted by atomic mass is 32.2. The highest BCUT2D eigenvalue weighted by molar-refractivity contribution is 7.88. The second-order valence-electron chi connectivity index (χ2n) is 15.5. The van der Waals surface area contributed by atoms with Gasteiger partial charge in [0.2, 0.25) is 27.7 Å². The van der Waals surface area contributed by atoms with Gasteiger partial charge in [-0.2, -0.15) is 0 Å². The Morgan fingerprint density at radius 1 is 0.925 bits per heavy atom. The number of hydrogen-bond donors (Lipinski definition) is 4. The summed E-state index contributed by atoms with van der Waals surface area (Å²) < 4.78 is 32.5. The van der Waals surface area contributed by atoms with Gasteiger partial charge in [0.1, 0.15) is 18.2 Å². The SMILES string of the molecule is CCC(CC)(CC(C)OC(=O)CC1CCCCC1)C(=O)NC(=N)N1CCC(CNC(=O)[C@@H]2CCCN2C(=O)[C@@H](Cc2ccccc2)NS(C)(=O)=O)CC1. The first-order valence-electron chi connectivity index (χ1n) is 19.7. The molecule has 3 aliphatic rings. The molecular formula is C39H62N6O7S. The number of guanidine groups is 1. The van der Waals surface area contributed by atoms with Crippen LogP contribution in [0.5, 0.6) is 0 Å². The van der Waals surface area contributed by atoms with Crippen LogP contribution in [0.4, 0.5) is 0 Å². The van der Waals surface area contributed by atoms with Gasteiger partial charge in [-0.3, -0.25) is 29.9 Å². The summed E-state index contributed by atoms with van der Waals surface area (Å²) in [5, 5.41) is 14.6. The molecule has 2 saturated heterocycles. The first-order valence-corrected chi connectivity index (χ1v) is 21.6. The van der Waals surface area contributed by atoms with Crippen molar-refractivity contribution in [2.75, 3.05) is 32.4 Å². The number of amides is 3. The first-order chi connectivity index (χ1) is 25.2. The molecule has 3 atom stereocenters. The molecule has 3 fully saturated rings. The second-order valence-corrected chi connectivity index (χ2v) is 17.3. The third kappa shape index (κ3) is 12.5. The van der Waals surface area contributed by atoms with Crippen LogP contribution >= 0.6 is 0 Å². The smallest absolute Gasteiger partial charge is 0.306 e. The van der Waals surface area contributed by atoms with Gasteiger partial charge in [-0.15, -0.1) is 0 Å². The Hall–Kier alpha value is -3.52. The molecule has 1 aromatic rings. The maximum absolute atomic E-state index is 13.6. The molecular weight excluding hydrogens is 697 g/mol. The summed E-state index contributed by atoms with van der Waals surface area (Å²) in [5.41, 5.74) is 0.0468. The average molecular weight is 759 g/mol. The number of hydrogen-bond acceptors (Lipinski definition) is 8. The van der Waals surface area contributed by atoms with Gasteiger partial charge >= 0.3 is 5.97 Å². The van der Waals surface area contributed by atoms with Crippen molar-refractivity contribution in [1.82, 2.24) is 25.2 Å². The highest BCUT2D eigenvalue weighted by Gasteiger charge is 2.40. The van der Waals surface area contributed by atoms with E-state index in [1.54, 1.807) is 0 Å². The molecule has 2 heterocycles. The molecule has 1 unspecified atom stereocenters. The molecule has 296 valence electrons. The van der Waals surface area contributed by atoms with Crippen LogP contribution in [-0.4, -0.2) is 98.5 Å². The van der Waals surface area contributed by atoms with Crippen LogP contribution in [0.2, 0.25) is 0 Å². The summed E-state index contributed by atoms with van der Waals surface area (Å²) in [5.74, 6) is -0.479. The number of nitrogens with one attached hydrogen (secondary N) is 4. The van der Waals surface area contributed by atoms with Gasteiger partial charge in [0.25, 0.3) is 0 Å². The molecule has 0 spiro atoms. The minimum absolute atomic E-state index is 0.0542. The number of piperidine rings is 1. The predicted octanol–water partition coefficient (Wildman–Crippen LogP) is 4.12. The molecule has 0 bridgehead atoms. The molecule has 1 aliphatic carbocycles. The van der Waals surface area contributed by atoms with E-state index in [-0.39, 0.29) is 36.1 Å². The Kier molecular flexibility index (Phi) is 15.7. The summed E-state index contributed by atoms with van der Waals surface area (Å²) in [7, 11) is -3.68. The lowest BCUT2D eigenvalue weighted by molar-refractivity contribution is -0.153. The van der Waals surface area contributed by atoms with Gasteiger partial charge in [-0.25, -0.2) is 13.1 Å². The number of carbonyl (C=O) groups is 4. The van der Waals surface area contributed by atoms with Crippen molar-refractivity contribution in [2.24, 2.45) is 17.3 Å². The Balaban J connectivity index is 1.23. The summed E-state index contributed by atoms with van der Waals surface area (Å²) >= 11 is 0. The van der Waals surface area contributed by atoms with E-state index in [1.807, 2.05) is 56.0 Å². The van der Waals surface area contributed by atoms with Crippen LogP contribution in [0.15, 0.2) is 30.3 Å². The maximum Gasteiger partial charge on any atom is 0.306 e. The highest BCUT2D eigenvalue weighted by Crippen LogP contribution is 2.34. The molecule has 13 nitrogen and oxygen atoms in total. The molecule has 0 aromatic heterocycles. The zero-order chi connectivity index (χ0) is 38.6. The van der Waals surface area contributed by atoms with Gasteiger partial charge in [-0.1, -0.05) is 63.4 Å². The van der Waals surface area contributed by atoms with Gasteiger partial charge in [0, 0.05) is 32.6 Å². The molecule has 2 aliphatic heterocycles. The number of carbonyl (C=O) groups excluding carboxylic acids is 4. The zero-order valence-electron chi connectivity index (χ0n) is 32.2. The predicted molar refractivity (Wildman–Crippen MR) is 204 cm³/mol. The Bertz CT molecular complexity index is 1500. The van der Waals surface area contributed by atoms with Crippen molar-refractivity contribution < 1.29 is 32.3 Å². The lowest BCUT2D eigenvalue weighted by Gasteiger charge is -2.36. The lowest BCUT2D eigenvalue weighted by atomic mass is 9.76. The molecule has 4 N–H and O–H groups in total. The van der Waals surface area contributed by atoms with Crippen LogP contribution < -0.4 is 15.4 Å². The first kappa shape index (κ1) is 42.2.